The van der Waals surface area contributed by atoms with E-state index < -0.39 is 0 Å². The number of aromatic nitrogens is 1. The fourth-order valence-corrected chi connectivity index (χ4v) is 3.52. The van der Waals surface area contributed by atoms with Gasteiger partial charge in [-0.3, -0.25) is 9.59 Å². The van der Waals surface area contributed by atoms with Gasteiger partial charge in [-0.1, -0.05) is 48.0 Å². The number of rotatable bonds is 6. The van der Waals surface area contributed by atoms with Gasteiger partial charge in [0.2, 0.25) is 0 Å². The van der Waals surface area contributed by atoms with Gasteiger partial charge in [0, 0.05) is 29.2 Å². The standard InChI is InChI=1S/C25H23N3O2/c1-17-7-6-8-18(15-17)24(29)28-23-12-5-3-10-21(23)25(30)26-14-13-19-16-27-22-11-4-2-9-20(19)22/h2-12,15-16,27H,13-14H2,1H3,(H,26,30)(H,28,29). The Hall–Kier alpha value is -3.86. The highest BCUT2D eigenvalue weighted by atomic mass is 16.2. The Balaban J connectivity index is 1.42. The number of anilines is 1. The van der Waals surface area contributed by atoms with Gasteiger partial charge in [0.15, 0.2) is 0 Å². The van der Waals surface area contributed by atoms with Gasteiger partial charge in [-0.2, -0.15) is 0 Å². The van der Waals surface area contributed by atoms with Crippen LogP contribution in [0.3, 0.4) is 0 Å². The van der Waals surface area contributed by atoms with Gasteiger partial charge in [0.1, 0.15) is 0 Å². The van der Waals surface area contributed by atoms with Gasteiger partial charge in [-0.25, -0.2) is 0 Å². The summed E-state index contributed by atoms with van der Waals surface area (Å²) < 4.78 is 0. The van der Waals surface area contributed by atoms with Crippen molar-refractivity contribution in [1.82, 2.24) is 10.3 Å². The molecular weight excluding hydrogens is 374 g/mol. The number of para-hydroxylation sites is 2. The highest BCUT2D eigenvalue weighted by molar-refractivity contribution is 6.09. The van der Waals surface area contributed by atoms with E-state index in [0.717, 1.165) is 22.0 Å². The lowest BCUT2D eigenvalue weighted by Crippen LogP contribution is -2.27. The summed E-state index contributed by atoms with van der Waals surface area (Å²) in [5, 5.41) is 6.98. The van der Waals surface area contributed by atoms with E-state index in [0.29, 0.717) is 29.8 Å². The van der Waals surface area contributed by atoms with Crippen LogP contribution in [0.1, 0.15) is 31.8 Å². The van der Waals surface area contributed by atoms with Crippen LogP contribution in [0.2, 0.25) is 0 Å². The van der Waals surface area contributed by atoms with Crippen LogP contribution in [-0.2, 0) is 6.42 Å². The van der Waals surface area contributed by atoms with Gasteiger partial charge < -0.3 is 15.6 Å². The van der Waals surface area contributed by atoms with Crippen molar-refractivity contribution in [2.45, 2.75) is 13.3 Å². The molecule has 0 aliphatic heterocycles. The fourth-order valence-electron chi connectivity index (χ4n) is 3.52. The molecule has 1 aromatic heterocycles. The molecule has 3 aromatic carbocycles. The van der Waals surface area contributed by atoms with Crippen molar-refractivity contribution in [3.63, 3.8) is 0 Å². The maximum Gasteiger partial charge on any atom is 0.255 e. The number of carbonyl (C=O) groups is 2. The Bertz CT molecular complexity index is 1210. The zero-order valence-electron chi connectivity index (χ0n) is 16.7. The minimum Gasteiger partial charge on any atom is -0.361 e. The summed E-state index contributed by atoms with van der Waals surface area (Å²) in [6.07, 6.45) is 2.69. The first-order valence-electron chi connectivity index (χ1n) is 9.92. The molecule has 2 amide bonds. The normalized spacial score (nSPS) is 10.7. The van der Waals surface area contributed by atoms with E-state index >= 15 is 0 Å². The second kappa shape index (κ2) is 8.66. The Morgan fingerprint density at radius 2 is 1.70 bits per heavy atom. The SMILES string of the molecule is Cc1cccc(C(=O)Nc2ccccc2C(=O)NCCc2c[nH]c3ccccc23)c1. The molecule has 0 aliphatic carbocycles. The lowest BCUT2D eigenvalue weighted by atomic mass is 10.1. The number of fused-ring (bicyclic) bond motifs is 1. The zero-order chi connectivity index (χ0) is 20.9. The minimum absolute atomic E-state index is 0.213. The van der Waals surface area contributed by atoms with Gasteiger partial charge in [-0.05, 0) is 49.2 Å². The van der Waals surface area contributed by atoms with E-state index in [2.05, 4.69) is 21.7 Å². The molecule has 4 rings (SSSR count). The molecule has 30 heavy (non-hydrogen) atoms. The molecule has 1 heterocycles. The van der Waals surface area contributed by atoms with E-state index in [1.54, 1.807) is 30.3 Å². The molecule has 0 fully saturated rings. The Labute approximate surface area is 175 Å². The number of hydrogen-bond donors (Lipinski definition) is 3. The van der Waals surface area contributed by atoms with Crippen molar-refractivity contribution in [2.24, 2.45) is 0 Å². The third kappa shape index (κ3) is 4.25. The van der Waals surface area contributed by atoms with Crippen molar-refractivity contribution in [3.8, 4) is 0 Å². The first kappa shape index (κ1) is 19.5. The summed E-state index contributed by atoms with van der Waals surface area (Å²) in [6, 6.07) is 22.5. The molecule has 4 aromatic rings. The molecule has 0 spiro atoms. The highest BCUT2D eigenvalue weighted by Gasteiger charge is 2.14. The van der Waals surface area contributed by atoms with Crippen LogP contribution >= 0.6 is 0 Å². The third-order valence-corrected chi connectivity index (χ3v) is 5.05. The smallest absolute Gasteiger partial charge is 0.255 e. The second-order valence-electron chi connectivity index (χ2n) is 7.23. The van der Waals surface area contributed by atoms with E-state index in [-0.39, 0.29) is 11.8 Å². The molecule has 0 saturated carbocycles. The monoisotopic (exact) mass is 397 g/mol. The zero-order valence-corrected chi connectivity index (χ0v) is 16.7. The Morgan fingerprint density at radius 3 is 2.57 bits per heavy atom. The number of nitrogens with one attached hydrogen (secondary N) is 3. The van der Waals surface area contributed by atoms with E-state index in [1.165, 1.54) is 0 Å². The maximum atomic E-state index is 12.8. The van der Waals surface area contributed by atoms with Crippen molar-refractivity contribution in [3.05, 3.63) is 101 Å². The second-order valence-corrected chi connectivity index (χ2v) is 7.23. The molecule has 0 radical (unpaired) electrons. The molecule has 5 heteroatoms. The summed E-state index contributed by atoms with van der Waals surface area (Å²) in [5.41, 5.74) is 4.75. The minimum atomic E-state index is -0.238. The van der Waals surface area contributed by atoms with Gasteiger partial charge >= 0.3 is 0 Å². The summed E-state index contributed by atoms with van der Waals surface area (Å²) >= 11 is 0. The number of H-pyrrole nitrogens is 1. The van der Waals surface area contributed by atoms with Gasteiger partial charge in [0.25, 0.3) is 11.8 Å². The lowest BCUT2D eigenvalue weighted by molar-refractivity contribution is 0.0955. The first-order valence-corrected chi connectivity index (χ1v) is 9.92. The average Bonchev–Trinajstić information content (AvgIpc) is 3.17. The molecular formula is C25H23N3O2. The van der Waals surface area contributed by atoms with Crippen LogP contribution in [-0.4, -0.2) is 23.3 Å². The number of benzene rings is 3. The van der Waals surface area contributed by atoms with Crippen LogP contribution in [0.15, 0.2) is 79.0 Å². The number of aromatic amines is 1. The van der Waals surface area contributed by atoms with Crippen molar-refractivity contribution in [2.75, 3.05) is 11.9 Å². The lowest BCUT2D eigenvalue weighted by Gasteiger charge is -2.12. The van der Waals surface area contributed by atoms with Crippen LogP contribution in [0, 0.1) is 6.92 Å². The summed E-state index contributed by atoms with van der Waals surface area (Å²) in [4.78, 5) is 28.6. The van der Waals surface area contributed by atoms with E-state index in [9.17, 15) is 9.59 Å². The van der Waals surface area contributed by atoms with Crippen molar-refractivity contribution in [1.29, 1.82) is 0 Å². The molecule has 0 unspecified atom stereocenters. The van der Waals surface area contributed by atoms with Crippen LogP contribution in [0.5, 0.6) is 0 Å². The molecule has 3 N–H and O–H groups in total. The number of aryl methyl sites for hydroxylation is 1. The largest absolute Gasteiger partial charge is 0.361 e. The maximum absolute atomic E-state index is 12.8. The van der Waals surface area contributed by atoms with Crippen molar-refractivity contribution < 1.29 is 9.59 Å². The van der Waals surface area contributed by atoms with E-state index in [4.69, 9.17) is 0 Å². The molecule has 0 atom stereocenters. The van der Waals surface area contributed by atoms with E-state index in [1.807, 2.05) is 49.5 Å². The first-order chi connectivity index (χ1) is 14.6. The summed E-state index contributed by atoms with van der Waals surface area (Å²) in [5.74, 6) is -0.451. The highest BCUT2D eigenvalue weighted by Crippen LogP contribution is 2.19. The fraction of sp³-hybridized carbons (Fsp3) is 0.120. The number of carbonyl (C=O) groups excluding carboxylic acids is 2. The topological polar surface area (TPSA) is 74.0 Å². The Morgan fingerprint density at radius 1 is 0.900 bits per heavy atom. The summed E-state index contributed by atoms with van der Waals surface area (Å²) in [7, 11) is 0. The summed E-state index contributed by atoms with van der Waals surface area (Å²) in [6.45, 7) is 2.44. The number of amides is 2. The van der Waals surface area contributed by atoms with Crippen molar-refractivity contribution >= 4 is 28.4 Å². The quantitative estimate of drug-likeness (QED) is 0.441. The Kier molecular flexibility index (Phi) is 5.61. The number of hydrogen-bond acceptors (Lipinski definition) is 2. The predicted octanol–water partition coefficient (Wildman–Crippen LogP) is 4.70. The molecule has 0 aliphatic rings. The molecule has 150 valence electrons. The molecule has 0 bridgehead atoms. The molecule has 5 nitrogen and oxygen atoms in total. The van der Waals surface area contributed by atoms with Crippen LogP contribution in [0.4, 0.5) is 5.69 Å². The van der Waals surface area contributed by atoms with Crippen LogP contribution in [0.25, 0.3) is 10.9 Å². The molecule has 0 saturated heterocycles. The third-order valence-electron chi connectivity index (χ3n) is 5.05. The van der Waals surface area contributed by atoms with Crippen LogP contribution < -0.4 is 10.6 Å². The van der Waals surface area contributed by atoms with Gasteiger partial charge in [0.05, 0.1) is 11.3 Å². The average molecular weight is 397 g/mol. The van der Waals surface area contributed by atoms with Gasteiger partial charge in [-0.15, -0.1) is 0 Å². The predicted molar refractivity (Wildman–Crippen MR) is 120 cm³/mol.